The first-order valence-corrected chi connectivity index (χ1v) is 7.38. The number of anilines is 1. The molecule has 112 valence electrons. The van der Waals surface area contributed by atoms with Crippen LogP contribution in [0.1, 0.15) is 19.8 Å². The first kappa shape index (κ1) is 15.3. The molecule has 0 unspecified atom stereocenters. The third-order valence-corrected chi connectivity index (χ3v) is 4.06. The summed E-state index contributed by atoms with van der Waals surface area (Å²) in [4.78, 5) is 14.3. The zero-order valence-electron chi connectivity index (χ0n) is 11.7. The van der Waals surface area contributed by atoms with Gasteiger partial charge in [0, 0.05) is 19.1 Å². The largest absolute Gasteiger partial charge is 0.394 e. The van der Waals surface area contributed by atoms with E-state index >= 15 is 0 Å². The maximum atomic E-state index is 11.9. The number of hydrogen-bond acceptors (Lipinski definition) is 5. The number of nitrogens with zero attached hydrogens (tertiary/aromatic N) is 3. The summed E-state index contributed by atoms with van der Waals surface area (Å²) in [5.41, 5.74) is 0.220. The molecule has 2 rings (SSSR count). The molecule has 0 spiro atoms. The molecular weight excluding hydrogens is 280 g/mol. The van der Waals surface area contributed by atoms with Crippen LogP contribution < -0.4 is 10.9 Å². The molecule has 7 heteroatoms. The Bertz CT molecular complexity index is 498. The highest BCUT2D eigenvalue weighted by Crippen LogP contribution is 2.20. The Balaban J connectivity index is 2.03. The van der Waals surface area contributed by atoms with E-state index in [4.69, 9.17) is 16.7 Å². The molecule has 6 nitrogen and oxygen atoms in total. The van der Waals surface area contributed by atoms with Gasteiger partial charge in [-0.05, 0) is 19.4 Å². The Labute approximate surface area is 123 Å². The third kappa shape index (κ3) is 3.50. The van der Waals surface area contributed by atoms with Crippen LogP contribution in [-0.2, 0) is 6.54 Å². The predicted molar refractivity (Wildman–Crippen MR) is 79.4 cm³/mol. The lowest BCUT2D eigenvalue weighted by molar-refractivity contribution is 0.229. The van der Waals surface area contributed by atoms with Crippen LogP contribution >= 0.6 is 11.6 Å². The molecule has 1 aromatic rings. The van der Waals surface area contributed by atoms with Crippen molar-refractivity contribution in [1.29, 1.82) is 0 Å². The van der Waals surface area contributed by atoms with E-state index in [1.165, 1.54) is 4.68 Å². The molecule has 0 aromatic carbocycles. The maximum Gasteiger partial charge on any atom is 0.287 e. The molecule has 1 aliphatic heterocycles. The quantitative estimate of drug-likeness (QED) is 0.841. The predicted octanol–water partition coefficient (Wildman–Crippen LogP) is 0.785. The fraction of sp³-hybridized carbons (Fsp3) is 0.692. The Hall–Kier alpha value is -1.11. The lowest BCUT2D eigenvalue weighted by Gasteiger charge is -2.32. The average Bonchev–Trinajstić information content (AvgIpc) is 2.48. The summed E-state index contributed by atoms with van der Waals surface area (Å²) < 4.78 is 1.17. The van der Waals surface area contributed by atoms with Crippen molar-refractivity contribution in [3.63, 3.8) is 0 Å². The van der Waals surface area contributed by atoms with E-state index in [1.54, 1.807) is 6.20 Å². The Morgan fingerprint density at radius 1 is 1.50 bits per heavy atom. The van der Waals surface area contributed by atoms with Crippen LogP contribution in [0.5, 0.6) is 0 Å². The van der Waals surface area contributed by atoms with E-state index in [1.807, 2.05) is 0 Å². The van der Waals surface area contributed by atoms with Gasteiger partial charge in [-0.15, -0.1) is 0 Å². The van der Waals surface area contributed by atoms with Crippen LogP contribution in [0.15, 0.2) is 11.0 Å². The Kier molecular flexibility index (Phi) is 5.39. The SMILES string of the molecule is CCN1CCC(Nc2cnn(CCO)c(=O)c2Cl)CC1. The van der Waals surface area contributed by atoms with Crippen molar-refractivity contribution in [3.05, 3.63) is 21.6 Å². The molecule has 1 fully saturated rings. The first-order valence-electron chi connectivity index (χ1n) is 7.01. The van der Waals surface area contributed by atoms with E-state index in [0.29, 0.717) is 11.7 Å². The van der Waals surface area contributed by atoms with Gasteiger partial charge in [-0.2, -0.15) is 5.10 Å². The van der Waals surface area contributed by atoms with Gasteiger partial charge in [0.15, 0.2) is 0 Å². The van der Waals surface area contributed by atoms with E-state index in [9.17, 15) is 4.79 Å². The van der Waals surface area contributed by atoms with Crippen molar-refractivity contribution in [2.75, 3.05) is 31.6 Å². The molecule has 0 amide bonds. The Morgan fingerprint density at radius 3 is 2.80 bits per heavy atom. The maximum absolute atomic E-state index is 11.9. The molecule has 1 saturated heterocycles. The third-order valence-electron chi connectivity index (χ3n) is 3.69. The highest BCUT2D eigenvalue weighted by molar-refractivity contribution is 6.32. The number of aliphatic hydroxyl groups excluding tert-OH is 1. The van der Waals surface area contributed by atoms with Gasteiger partial charge in [-0.1, -0.05) is 18.5 Å². The van der Waals surface area contributed by atoms with Crippen molar-refractivity contribution >= 4 is 17.3 Å². The van der Waals surface area contributed by atoms with Crippen molar-refractivity contribution in [3.8, 4) is 0 Å². The van der Waals surface area contributed by atoms with Crippen molar-refractivity contribution in [1.82, 2.24) is 14.7 Å². The van der Waals surface area contributed by atoms with Crippen LogP contribution in [0.3, 0.4) is 0 Å². The van der Waals surface area contributed by atoms with Gasteiger partial charge >= 0.3 is 0 Å². The summed E-state index contributed by atoms with van der Waals surface area (Å²) in [6, 6.07) is 0.324. The summed E-state index contributed by atoms with van der Waals surface area (Å²) in [6.45, 7) is 5.38. The number of piperidine rings is 1. The van der Waals surface area contributed by atoms with Crippen LogP contribution in [0, 0.1) is 0 Å². The van der Waals surface area contributed by atoms with Gasteiger partial charge < -0.3 is 15.3 Å². The zero-order valence-corrected chi connectivity index (χ0v) is 12.4. The highest BCUT2D eigenvalue weighted by Gasteiger charge is 2.19. The molecule has 0 radical (unpaired) electrons. The summed E-state index contributed by atoms with van der Waals surface area (Å²) in [6.07, 6.45) is 3.62. The lowest BCUT2D eigenvalue weighted by Crippen LogP contribution is -2.39. The highest BCUT2D eigenvalue weighted by atomic mass is 35.5. The number of rotatable bonds is 5. The van der Waals surface area contributed by atoms with Gasteiger partial charge in [-0.25, -0.2) is 4.68 Å². The van der Waals surface area contributed by atoms with E-state index in [0.717, 1.165) is 32.5 Å². The fourth-order valence-electron chi connectivity index (χ4n) is 2.43. The van der Waals surface area contributed by atoms with E-state index in [2.05, 4.69) is 22.2 Å². The molecule has 2 heterocycles. The monoisotopic (exact) mass is 300 g/mol. The first-order chi connectivity index (χ1) is 9.65. The van der Waals surface area contributed by atoms with Gasteiger partial charge in [0.05, 0.1) is 25.0 Å². The molecule has 0 saturated carbocycles. The molecule has 20 heavy (non-hydrogen) atoms. The molecule has 0 bridgehead atoms. The number of aliphatic hydroxyl groups is 1. The van der Waals surface area contributed by atoms with Gasteiger partial charge in [0.1, 0.15) is 5.02 Å². The number of aromatic nitrogens is 2. The molecule has 1 aliphatic rings. The van der Waals surface area contributed by atoms with Crippen LogP contribution in [0.25, 0.3) is 0 Å². The van der Waals surface area contributed by atoms with Crippen LogP contribution in [-0.4, -0.2) is 52.1 Å². The summed E-state index contributed by atoms with van der Waals surface area (Å²) in [5, 5.41) is 16.3. The van der Waals surface area contributed by atoms with E-state index < -0.39 is 0 Å². The minimum atomic E-state index is -0.364. The summed E-state index contributed by atoms with van der Waals surface area (Å²) in [7, 11) is 0. The van der Waals surface area contributed by atoms with E-state index in [-0.39, 0.29) is 23.7 Å². The lowest BCUT2D eigenvalue weighted by atomic mass is 10.1. The van der Waals surface area contributed by atoms with Crippen LogP contribution in [0.4, 0.5) is 5.69 Å². The second kappa shape index (κ2) is 7.06. The summed E-state index contributed by atoms with van der Waals surface area (Å²) >= 11 is 6.08. The van der Waals surface area contributed by atoms with Crippen molar-refractivity contribution < 1.29 is 5.11 Å². The van der Waals surface area contributed by atoms with Gasteiger partial charge in [0.2, 0.25) is 0 Å². The molecule has 0 atom stereocenters. The van der Waals surface area contributed by atoms with Crippen LogP contribution in [0.2, 0.25) is 5.02 Å². The Morgan fingerprint density at radius 2 is 2.20 bits per heavy atom. The molecule has 2 N–H and O–H groups in total. The average molecular weight is 301 g/mol. The smallest absolute Gasteiger partial charge is 0.287 e. The standard InChI is InChI=1S/C13H21ClN4O2/c1-2-17-5-3-10(4-6-17)16-11-9-15-18(7-8-19)13(20)12(11)14/h9-10,16,19H,2-8H2,1H3. The number of halogens is 1. The topological polar surface area (TPSA) is 70.4 Å². The van der Waals surface area contributed by atoms with Gasteiger partial charge in [-0.3, -0.25) is 4.79 Å². The minimum Gasteiger partial charge on any atom is -0.394 e. The number of likely N-dealkylation sites (tertiary alicyclic amines) is 1. The van der Waals surface area contributed by atoms with Gasteiger partial charge in [0.25, 0.3) is 5.56 Å². The molecular formula is C13H21ClN4O2. The second-order valence-corrected chi connectivity index (χ2v) is 5.35. The second-order valence-electron chi connectivity index (χ2n) is 4.98. The van der Waals surface area contributed by atoms with Crippen molar-refractivity contribution in [2.45, 2.75) is 32.4 Å². The fourth-order valence-corrected chi connectivity index (χ4v) is 2.63. The number of nitrogens with one attached hydrogen (secondary N) is 1. The molecule has 0 aliphatic carbocycles. The molecule has 1 aromatic heterocycles. The normalized spacial score (nSPS) is 17.4. The minimum absolute atomic E-state index is 0.133. The number of hydrogen-bond donors (Lipinski definition) is 2. The summed E-state index contributed by atoms with van der Waals surface area (Å²) in [5.74, 6) is 0. The van der Waals surface area contributed by atoms with Crippen molar-refractivity contribution in [2.24, 2.45) is 0 Å². The zero-order chi connectivity index (χ0) is 14.5.